The zero-order chi connectivity index (χ0) is 8.60. The SMILES string of the molecule is C=C1CC2(CCCC2)CC(=C)O1. The first-order valence-electron chi connectivity index (χ1n) is 4.74. The second kappa shape index (κ2) is 2.65. The third-order valence-corrected chi connectivity index (χ3v) is 3.10. The number of rotatable bonds is 0. The molecule has 0 aromatic carbocycles. The smallest absolute Gasteiger partial charge is 0.0969 e. The van der Waals surface area contributed by atoms with Crippen LogP contribution in [-0.2, 0) is 4.74 Å². The minimum atomic E-state index is 0.492. The highest BCUT2D eigenvalue weighted by Gasteiger charge is 2.38. The molecule has 1 aliphatic heterocycles. The third-order valence-electron chi connectivity index (χ3n) is 3.10. The molecule has 1 nitrogen and oxygen atoms in total. The summed E-state index contributed by atoms with van der Waals surface area (Å²) in [6.07, 6.45) is 7.56. The lowest BCUT2D eigenvalue weighted by atomic mass is 9.77. The lowest BCUT2D eigenvalue weighted by Crippen LogP contribution is -2.23. The summed E-state index contributed by atoms with van der Waals surface area (Å²) in [6, 6.07) is 0. The highest BCUT2D eigenvalue weighted by atomic mass is 16.5. The van der Waals surface area contributed by atoms with Crippen LogP contribution in [0, 0.1) is 5.41 Å². The molecule has 0 bridgehead atoms. The van der Waals surface area contributed by atoms with E-state index in [0.717, 1.165) is 24.4 Å². The van der Waals surface area contributed by atoms with E-state index in [1.54, 1.807) is 0 Å². The lowest BCUT2D eigenvalue weighted by Gasteiger charge is -2.35. The second-order valence-electron chi connectivity index (χ2n) is 4.24. The van der Waals surface area contributed by atoms with Crippen LogP contribution in [0.25, 0.3) is 0 Å². The molecule has 0 atom stereocenters. The van der Waals surface area contributed by atoms with E-state index in [1.165, 1.54) is 25.7 Å². The van der Waals surface area contributed by atoms with Gasteiger partial charge in [-0.2, -0.15) is 0 Å². The third kappa shape index (κ3) is 1.28. The molecule has 1 saturated heterocycles. The van der Waals surface area contributed by atoms with Crippen molar-refractivity contribution in [1.82, 2.24) is 0 Å². The summed E-state index contributed by atoms with van der Waals surface area (Å²) < 4.78 is 5.38. The van der Waals surface area contributed by atoms with E-state index < -0.39 is 0 Å². The zero-order valence-electron chi connectivity index (χ0n) is 7.57. The van der Waals surface area contributed by atoms with Gasteiger partial charge in [-0.05, 0) is 18.3 Å². The minimum Gasteiger partial charge on any atom is -0.467 e. The van der Waals surface area contributed by atoms with Crippen LogP contribution in [0.4, 0.5) is 0 Å². The first-order chi connectivity index (χ1) is 5.70. The fourth-order valence-corrected chi connectivity index (χ4v) is 2.65. The van der Waals surface area contributed by atoms with Crippen LogP contribution in [-0.4, -0.2) is 0 Å². The van der Waals surface area contributed by atoms with Gasteiger partial charge in [-0.15, -0.1) is 0 Å². The van der Waals surface area contributed by atoms with Crippen molar-refractivity contribution in [3.8, 4) is 0 Å². The maximum atomic E-state index is 5.38. The van der Waals surface area contributed by atoms with Gasteiger partial charge in [0, 0.05) is 12.8 Å². The molecule has 2 rings (SSSR count). The standard InChI is InChI=1S/C11H16O/c1-9-7-11(5-3-4-6-11)8-10(2)12-9/h1-8H2. The normalized spacial score (nSPS) is 27.7. The zero-order valence-corrected chi connectivity index (χ0v) is 7.57. The monoisotopic (exact) mass is 164 g/mol. The largest absolute Gasteiger partial charge is 0.467 e. The molecule has 66 valence electrons. The van der Waals surface area contributed by atoms with Crippen molar-refractivity contribution in [2.75, 3.05) is 0 Å². The Morgan fingerprint density at radius 2 is 1.50 bits per heavy atom. The molecular formula is C11H16O. The van der Waals surface area contributed by atoms with E-state index in [4.69, 9.17) is 4.74 Å². The van der Waals surface area contributed by atoms with Crippen LogP contribution >= 0.6 is 0 Å². The molecule has 2 fully saturated rings. The van der Waals surface area contributed by atoms with E-state index in [0.29, 0.717) is 5.41 Å². The number of ether oxygens (including phenoxy) is 1. The quantitative estimate of drug-likeness (QED) is 0.533. The van der Waals surface area contributed by atoms with Crippen molar-refractivity contribution in [3.05, 3.63) is 24.7 Å². The summed E-state index contributed by atoms with van der Waals surface area (Å²) in [7, 11) is 0. The van der Waals surface area contributed by atoms with E-state index >= 15 is 0 Å². The molecule has 12 heavy (non-hydrogen) atoms. The lowest BCUT2D eigenvalue weighted by molar-refractivity contribution is 0.132. The van der Waals surface area contributed by atoms with Gasteiger partial charge in [0.25, 0.3) is 0 Å². The molecule has 0 unspecified atom stereocenters. The predicted octanol–water partition coefficient (Wildman–Crippen LogP) is 3.38. The van der Waals surface area contributed by atoms with Crippen molar-refractivity contribution in [2.45, 2.75) is 38.5 Å². The molecular weight excluding hydrogens is 148 g/mol. The molecule has 2 aliphatic rings. The van der Waals surface area contributed by atoms with E-state index in [-0.39, 0.29) is 0 Å². The van der Waals surface area contributed by atoms with Crippen molar-refractivity contribution in [3.63, 3.8) is 0 Å². The second-order valence-corrected chi connectivity index (χ2v) is 4.24. The minimum absolute atomic E-state index is 0.492. The average Bonchev–Trinajstić information content (AvgIpc) is 2.33. The fraction of sp³-hybridized carbons (Fsp3) is 0.636. The van der Waals surface area contributed by atoms with Crippen molar-refractivity contribution in [1.29, 1.82) is 0 Å². The Bertz CT molecular complexity index is 203. The van der Waals surface area contributed by atoms with Gasteiger partial charge in [0.15, 0.2) is 0 Å². The number of hydrogen-bond acceptors (Lipinski definition) is 1. The molecule has 0 amide bonds. The number of hydrogen-bond donors (Lipinski definition) is 0. The van der Waals surface area contributed by atoms with Gasteiger partial charge in [0.1, 0.15) is 0 Å². The van der Waals surface area contributed by atoms with Crippen LogP contribution in [0.15, 0.2) is 24.7 Å². The van der Waals surface area contributed by atoms with Gasteiger partial charge in [-0.3, -0.25) is 0 Å². The molecule has 0 radical (unpaired) electrons. The first-order valence-corrected chi connectivity index (χ1v) is 4.74. The molecule has 1 aliphatic carbocycles. The highest BCUT2D eigenvalue weighted by molar-refractivity contribution is 5.09. The Morgan fingerprint density at radius 3 is 2.00 bits per heavy atom. The summed E-state index contributed by atoms with van der Waals surface area (Å²) in [5.41, 5.74) is 0.492. The summed E-state index contributed by atoms with van der Waals surface area (Å²) in [5.74, 6) is 1.85. The van der Waals surface area contributed by atoms with Gasteiger partial charge >= 0.3 is 0 Å². The Labute approximate surface area is 74.1 Å². The molecule has 0 aromatic heterocycles. The van der Waals surface area contributed by atoms with E-state index in [1.807, 2.05) is 0 Å². The summed E-state index contributed by atoms with van der Waals surface area (Å²) in [6.45, 7) is 7.80. The molecule has 1 heterocycles. The predicted molar refractivity (Wildman–Crippen MR) is 49.5 cm³/mol. The van der Waals surface area contributed by atoms with E-state index in [9.17, 15) is 0 Å². The first kappa shape index (κ1) is 7.90. The highest BCUT2D eigenvalue weighted by Crippen LogP contribution is 2.50. The molecule has 0 N–H and O–H groups in total. The molecule has 1 heteroatoms. The van der Waals surface area contributed by atoms with Crippen molar-refractivity contribution >= 4 is 0 Å². The Balaban J connectivity index is 2.14. The van der Waals surface area contributed by atoms with Crippen LogP contribution in [0.5, 0.6) is 0 Å². The topological polar surface area (TPSA) is 9.23 Å². The average molecular weight is 164 g/mol. The fourth-order valence-electron chi connectivity index (χ4n) is 2.65. The van der Waals surface area contributed by atoms with Crippen LogP contribution in [0.3, 0.4) is 0 Å². The van der Waals surface area contributed by atoms with Gasteiger partial charge in [0.05, 0.1) is 11.5 Å². The van der Waals surface area contributed by atoms with Gasteiger partial charge in [0.2, 0.25) is 0 Å². The maximum Gasteiger partial charge on any atom is 0.0969 e. The summed E-state index contributed by atoms with van der Waals surface area (Å²) in [4.78, 5) is 0. The van der Waals surface area contributed by atoms with Crippen LogP contribution in [0.2, 0.25) is 0 Å². The van der Waals surface area contributed by atoms with Gasteiger partial charge in [-0.25, -0.2) is 0 Å². The molecule has 0 aromatic rings. The summed E-state index contributed by atoms with van der Waals surface area (Å²) in [5, 5.41) is 0. The maximum absolute atomic E-state index is 5.38. The summed E-state index contributed by atoms with van der Waals surface area (Å²) >= 11 is 0. The Hall–Kier alpha value is -0.720. The Kier molecular flexibility index (Phi) is 1.75. The van der Waals surface area contributed by atoms with Crippen molar-refractivity contribution in [2.24, 2.45) is 5.41 Å². The van der Waals surface area contributed by atoms with Gasteiger partial charge < -0.3 is 4.74 Å². The van der Waals surface area contributed by atoms with Crippen LogP contribution in [0.1, 0.15) is 38.5 Å². The van der Waals surface area contributed by atoms with E-state index in [2.05, 4.69) is 13.2 Å². The Morgan fingerprint density at radius 1 is 1.00 bits per heavy atom. The number of allylic oxidation sites excluding steroid dienone is 2. The molecule has 1 saturated carbocycles. The molecule has 1 spiro atoms. The van der Waals surface area contributed by atoms with Gasteiger partial charge in [-0.1, -0.05) is 26.0 Å². The van der Waals surface area contributed by atoms with Crippen molar-refractivity contribution < 1.29 is 4.74 Å². The van der Waals surface area contributed by atoms with Crippen LogP contribution < -0.4 is 0 Å².